The van der Waals surface area contributed by atoms with Crippen molar-refractivity contribution >= 4 is 34.6 Å². The monoisotopic (exact) mass is 465 g/mol. The van der Waals surface area contributed by atoms with Gasteiger partial charge in [0.15, 0.2) is 0 Å². The van der Waals surface area contributed by atoms with E-state index in [1.165, 1.54) is 6.07 Å². The van der Waals surface area contributed by atoms with E-state index in [4.69, 9.17) is 0 Å². The number of nitrogens with one attached hydrogen (secondary N) is 3. The van der Waals surface area contributed by atoms with Gasteiger partial charge in [0.25, 0.3) is 11.6 Å². The van der Waals surface area contributed by atoms with Crippen molar-refractivity contribution < 1.29 is 14.5 Å². The summed E-state index contributed by atoms with van der Waals surface area (Å²) in [6, 6.07) is 11.6. The molecule has 1 unspecified atom stereocenters. The minimum Gasteiger partial charge on any atom is -0.377 e. The van der Waals surface area contributed by atoms with Crippen LogP contribution in [-0.4, -0.2) is 41.9 Å². The zero-order valence-corrected chi connectivity index (χ0v) is 19.4. The Hall–Kier alpha value is -3.62. The molecular formula is C25H31N5O4. The number of anilines is 3. The van der Waals surface area contributed by atoms with E-state index in [0.717, 1.165) is 44.5 Å². The average Bonchev–Trinajstić information content (AvgIpc) is 3.47. The van der Waals surface area contributed by atoms with E-state index in [1.807, 2.05) is 31.2 Å². The van der Waals surface area contributed by atoms with Crippen molar-refractivity contribution in [2.24, 2.45) is 0 Å². The number of hydrogen-bond acceptors (Lipinski definition) is 6. The molecule has 0 radical (unpaired) electrons. The molecule has 2 aromatic carbocycles. The second-order valence-corrected chi connectivity index (χ2v) is 8.96. The minimum absolute atomic E-state index is 0.144. The summed E-state index contributed by atoms with van der Waals surface area (Å²) in [6.45, 7) is 3.95. The van der Waals surface area contributed by atoms with Gasteiger partial charge >= 0.3 is 0 Å². The van der Waals surface area contributed by atoms with E-state index in [1.54, 1.807) is 12.1 Å². The lowest BCUT2D eigenvalue weighted by Gasteiger charge is -2.20. The Balaban J connectivity index is 1.44. The number of nitrogens with zero attached hydrogens (tertiary/aromatic N) is 2. The van der Waals surface area contributed by atoms with Crippen LogP contribution in [0.2, 0.25) is 0 Å². The van der Waals surface area contributed by atoms with Gasteiger partial charge in [0.1, 0.15) is 11.7 Å². The summed E-state index contributed by atoms with van der Waals surface area (Å²) in [5.74, 6) is -0.823. The molecule has 4 rings (SSSR count). The predicted octanol–water partition coefficient (Wildman–Crippen LogP) is 4.31. The van der Waals surface area contributed by atoms with E-state index in [-0.39, 0.29) is 23.2 Å². The van der Waals surface area contributed by atoms with Crippen molar-refractivity contribution in [3.05, 3.63) is 58.1 Å². The number of amides is 2. The number of carbonyl (C=O) groups is 2. The zero-order chi connectivity index (χ0) is 24.1. The molecule has 9 nitrogen and oxygen atoms in total. The van der Waals surface area contributed by atoms with Crippen LogP contribution in [0.15, 0.2) is 42.5 Å². The molecule has 2 fully saturated rings. The summed E-state index contributed by atoms with van der Waals surface area (Å²) >= 11 is 0. The molecule has 2 aromatic rings. The van der Waals surface area contributed by atoms with E-state index in [2.05, 4.69) is 20.9 Å². The van der Waals surface area contributed by atoms with Crippen LogP contribution < -0.4 is 20.9 Å². The summed E-state index contributed by atoms with van der Waals surface area (Å²) in [6.07, 6.45) is 5.43. The summed E-state index contributed by atoms with van der Waals surface area (Å²) < 4.78 is 0. The highest BCUT2D eigenvalue weighted by atomic mass is 16.6. The highest BCUT2D eigenvalue weighted by molar-refractivity contribution is 6.02. The Kier molecular flexibility index (Phi) is 7.30. The van der Waals surface area contributed by atoms with Crippen molar-refractivity contribution in [1.82, 2.24) is 5.32 Å². The normalized spacial score (nSPS) is 16.1. The molecule has 0 aromatic heterocycles. The van der Waals surface area contributed by atoms with Crippen LogP contribution >= 0.6 is 0 Å². The third kappa shape index (κ3) is 5.84. The van der Waals surface area contributed by atoms with Crippen LogP contribution in [0, 0.1) is 10.1 Å². The van der Waals surface area contributed by atoms with Gasteiger partial charge in [-0.2, -0.15) is 0 Å². The second-order valence-electron chi connectivity index (χ2n) is 8.96. The maximum atomic E-state index is 13.0. The smallest absolute Gasteiger partial charge is 0.293 e. The standard InChI is InChI=1S/C25H31N5O4/c1-2-6-22(25(32)27-19-7-5-8-20(16-19)29-13-3-4-14-29)28-24(31)17-9-12-21(26-18-10-11-18)23(15-17)30(33)34/h5,7-9,12,15-16,18,22,26H,2-4,6,10-11,13-14H2,1H3,(H,27,32)(H,28,31). The van der Waals surface area contributed by atoms with Crippen LogP contribution in [0.25, 0.3) is 0 Å². The molecule has 1 saturated carbocycles. The van der Waals surface area contributed by atoms with Gasteiger partial charge in [-0.05, 0) is 62.4 Å². The van der Waals surface area contributed by atoms with E-state index in [9.17, 15) is 19.7 Å². The second kappa shape index (κ2) is 10.5. The van der Waals surface area contributed by atoms with Crippen molar-refractivity contribution in [3.63, 3.8) is 0 Å². The molecule has 3 N–H and O–H groups in total. The van der Waals surface area contributed by atoms with Crippen LogP contribution in [0.4, 0.5) is 22.7 Å². The first-order valence-corrected chi connectivity index (χ1v) is 12.0. The maximum Gasteiger partial charge on any atom is 0.293 e. The van der Waals surface area contributed by atoms with Crippen LogP contribution in [0.5, 0.6) is 0 Å². The van der Waals surface area contributed by atoms with Crippen LogP contribution in [-0.2, 0) is 4.79 Å². The first-order chi connectivity index (χ1) is 16.4. The number of hydrogen-bond donors (Lipinski definition) is 3. The molecule has 1 heterocycles. The van der Waals surface area contributed by atoms with Crippen molar-refractivity contribution in [1.29, 1.82) is 0 Å². The van der Waals surface area contributed by atoms with Gasteiger partial charge < -0.3 is 20.9 Å². The summed E-state index contributed by atoms with van der Waals surface area (Å²) in [4.78, 5) is 39.2. The van der Waals surface area contributed by atoms with Crippen molar-refractivity contribution in [2.45, 2.75) is 57.5 Å². The number of nitro groups is 1. The topological polar surface area (TPSA) is 117 Å². The van der Waals surface area contributed by atoms with Crippen molar-refractivity contribution in [2.75, 3.05) is 28.6 Å². The number of nitro benzene ring substituents is 1. The SMILES string of the molecule is CCCC(NC(=O)c1ccc(NC2CC2)c([N+](=O)[O-])c1)C(=O)Nc1cccc(N2CCCC2)c1. The molecule has 180 valence electrons. The Bertz CT molecular complexity index is 1060. The Morgan fingerprint density at radius 1 is 1.15 bits per heavy atom. The predicted molar refractivity (Wildman–Crippen MR) is 132 cm³/mol. The van der Waals surface area contributed by atoms with Gasteiger partial charge in [-0.3, -0.25) is 19.7 Å². The molecule has 1 aliphatic heterocycles. The lowest BCUT2D eigenvalue weighted by atomic mass is 10.1. The molecular weight excluding hydrogens is 434 g/mol. The van der Waals surface area contributed by atoms with Gasteiger partial charge in [0.05, 0.1) is 4.92 Å². The Morgan fingerprint density at radius 2 is 1.91 bits per heavy atom. The van der Waals surface area contributed by atoms with E-state index < -0.39 is 16.9 Å². The van der Waals surface area contributed by atoms with Gasteiger partial charge in [-0.25, -0.2) is 0 Å². The molecule has 1 aliphatic carbocycles. The zero-order valence-electron chi connectivity index (χ0n) is 19.4. The Morgan fingerprint density at radius 3 is 2.59 bits per heavy atom. The molecule has 0 spiro atoms. The molecule has 2 amide bonds. The average molecular weight is 466 g/mol. The number of carbonyl (C=O) groups excluding carboxylic acids is 2. The first-order valence-electron chi connectivity index (χ1n) is 12.0. The van der Waals surface area contributed by atoms with E-state index in [0.29, 0.717) is 24.2 Å². The fourth-order valence-electron chi connectivity index (χ4n) is 4.18. The third-order valence-corrected chi connectivity index (χ3v) is 6.18. The quantitative estimate of drug-likeness (QED) is 0.356. The summed E-state index contributed by atoms with van der Waals surface area (Å²) in [5.41, 5.74) is 2.16. The van der Waals surface area contributed by atoms with E-state index >= 15 is 0 Å². The highest BCUT2D eigenvalue weighted by Crippen LogP contribution is 2.31. The molecule has 0 bridgehead atoms. The number of benzene rings is 2. The molecule has 2 aliphatic rings. The largest absolute Gasteiger partial charge is 0.377 e. The summed E-state index contributed by atoms with van der Waals surface area (Å²) in [7, 11) is 0. The van der Waals surface area contributed by atoms with Crippen molar-refractivity contribution in [3.8, 4) is 0 Å². The lowest BCUT2D eigenvalue weighted by molar-refractivity contribution is -0.384. The third-order valence-electron chi connectivity index (χ3n) is 6.18. The molecule has 1 saturated heterocycles. The van der Waals surface area contributed by atoms with Crippen LogP contribution in [0.1, 0.15) is 55.8 Å². The molecule has 34 heavy (non-hydrogen) atoms. The lowest BCUT2D eigenvalue weighted by Crippen LogP contribution is -2.43. The minimum atomic E-state index is -0.753. The summed E-state index contributed by atoms with van der Waals surface area (Å²) in [5, 5.41) is 20.3. The van der Waals surface area contributed by atoms with Gasteiger partial charge in [-0.1, -0.05) is 19.4 Å². The first kappa shape index (κ1) is 23.5. The van der Waals surface area contributed by atoms with Crippen LogP contribution in [0.3, 0.4) is 0 Å². The molecule has 9 heteroatoms. The number of rotatable bonds is 10. The highest BCUT2D eigenvalue weighted by Gasteiger charge is 2.27. The van der Waals surface area contributed by atoms with Gasteiger partial charge in [0, 0.05) is 42.1 Å². The molecule has 1 atom stereocenters. The van der Waals surface area contributed by atoms with Gasteiger partial charge in [-0.15, -0.1) is 0 Å². The fourth-order valence-corrected chi connectivity index (χ4v) is 4.18. The Labute approximate surface area is 199 Å². The maximum absolute atomic E-state index is 13.0. The van der Waals surface area contributed by atoms with Gasteiger partial charge in [0.2, 0.25) is 5.91 Å². The fraction of sp³-hybridized carbons (Fsp3) is 0.440.